The number of nitrogens with zero attached hydrogens (tertiary/aromatic N) is 6. The summed E-state index contributed by atoms with van der Waals surface area (Å²) in [6.45, 7) is 14.5. The van der Waals surface area contributed by atoms with Crippen LogP contribution in [0.15, 0.2) is 36.8 Å². The molecule has 13 heteroatoms. The Morgan fingerprint density at radius 3 is 2.67 bits per heavy atom. The van der Waals surface area contributed by atoms with Crippen LogP contribution in [0, 0.1) is 5.92 Å². The van der Waals surface area contributed by atoms with Gasteiger partial charge in [-0.3, -0.25) is 14.3 Å². The molecule has 11 nitrogen and oxygen atoms in total. The van der Waals surface area contributed by atoms with Crippen LogP contribution in [0.4, 0.5) is 11.5 Å². The van der Waals surface area contributed by atoms with Crippen molar-refractivity contribution in [3.63, 3.8) is 0 Å². The van der Waals surface area contributed by atoms with Crippen LogP contribution in [0.5, 0.6) is 0 Å². The molecule has 2 atom stereocenters. The van der Waals surface area contributed by atoms with E-state index in [4.69, 9.17) is 10.5 Å². The van der Waals surface area contributed by atoms with Crippen molar-refractivity contribution in [2.24, 2.45) is 5.92 Å². The van der Waals surface area contributed by atoms with Gasteiger partial charge in [-0.1, -0.05) is 32.6 Å². The average molecular weight is 654 g/mol. The molecule has 0 spiro atoms. The number of aromatic nitrogens is 5. The molecule has 0 unspecified atom stereocenters. The molecule has 4 aromatic rings. The number of hydrogen-bond acceptors (Lipinski definition) is 7. The van der Waals surface area contributed by atoms with Crippen LogP contribution in [0.1, 0.15) is 51.3 Å². The Labute approximate surface area is 264 Å². The Bertz CT molecular complexity index is 1610. The minimum absolute atomic E-state index is 0. The SMILES string of the molecule is CC(C)n1cc2cc([C@H]3CC[C@H](C)CN3C(=O)C(=O)Nc3cnc(N)c4cnn(COCC[Si](C)(C)C)c34)ccc2n1.[Cu]. The fourth-order valence-electron chi connectivity index (χ4n) is 5.41. The number of nitrogens with one attached hydrogen (secondary N) is 1. The molecule has 0 bridgehead atoms. The van der Waals surface area contributed by atoms with Gasteiger partial charge in [-0.25, -0.2) is 9.67 Å². The molecular formula is C30H42CuN8O3Si. The predicted molar refractivity (Wildman–Crippen MR) is 168 cm³/mol. The van der Waals surface area contributed by atoms with Crippen LogP contribution in [-0.4, -0.2) is 62.5 Å². The Morgan fingerprint density at radius 2 is 1.95 bits per heavy atom. The van der Waals surface area contributed by atoms with Crippen molar-refractivity contribution in [1.29, 1.82) is 0 Å². The third-order valence-corrected chi connectivity index (χ3v) is 9.60. The number of ether oxygens (including phenoxy) is 1. The van der Waals surface area contributed by atoms with Gasteiger partial charge in [0.1, 0.15) is 12.5 Å². The van der Waals surface area contributed by atoms with E-state index in [0.29, 0.717) is 35.6 Å². The minimum Gasteiger partial charge on any atom is -0.383 e. The minimum atomic E-state index is -1.24. The number of piperidine rings is 1. The molecule has 1 fully saturated rings. The van der Waals surface area contributed by atoms with Gasteiger partial charge in [0.2, 0.25) is 0 Å². The zero-order valence-corrected chi connectivity index (χ0v) is 27.7. The number of likely N-dealkylation sites (tertiary alicyclic amines) is 1. The summed E-state index contributed by atoms with van der Waals surface area (Å²) in [4.78, 5) is 33.2. The van der Waals surface area contributed by atoms with Crippen molar-refractivity contribution in [2.45, 2.75) is 78.1 Å². The van der Waals surface area contributed by atoms with Gasteiger partial charge in [0, 0.05) is 55.9 Å². The quantitative estimate of drug-likeness (QED) is 0.152. The average Bonchev–Trinajstić information content (AvgIpc) is 3.56. The molecule has 1 aromatic carbocycles. The van der Waals surface area contributed by atoms with Gasteiger partial charge in [-0.2, -0.15) is 10.2 Å². The maximum Gasteiger partial charge on any atom is 0.314 e. The third-order valence-electron chi connectivity index (χ3n) is 7.89. The van der Waals surface area contributed by atoms with E-state index in [2.05, 4.69) is 67.0 Å². The molecule has 0 saturated carbocycles. The van der Waals surface area contributed by atoms with Crippen LogP contribution in [0.25, 0.3) is 21.8 Å². The second-order valence-electron chi connectivity index (χ2n) is 12.9. The Morgan fingerprint density at radius 1 is 1.19 bits per heavy atom. The number of anilines is 2. The molecule has 1 aliphatic rings. The molecule has 0 aliphatic carbocycles. The van der Waals surface area contributed by atoms with Crippen molar-refractivity contribution >= 4 is 53.2 Å². The van der Waals surface area contributed by atoms with Crippen LogP contribution in [0.2, 0.25) is 25.7 Å². The van der Waals surface area contributed by atoms with Gasteiger partial charge in [0.05, 0.1) is 40.5 Å². The number of pyridine rings is 1. The summed E-state index contributed by atoms with van der Waals surface area (Å²) in [6, 6.07) is 7.17. The fourth-order valence-corrected chi connectivity index (χ4v) is 6.16. The molecule has 2 amide bonds. The third kappa shape index (κ3) is 7.28. The van der Waals surface area contributed by atoms with Gasteiger partial charge >= 0.3 is 11.8 Å². The predicted octanol–water partition coefficient (Wildman–Crippen LogP) is 5.19. The van der Waals surface area contributed by atoms with E-state index in [1.165, 1.54) is 6.20 Å². The standard InChI is InChI=1S/C30H42N8O3Si.Cu/c1-19(2)37-17-22-13-21(8-9-24(22)35-37)26-10-7-20(3)16-36(26)30(40)29(39)34-25-15-32-28(31)23-14-33-38(27(23)25)18-41-11-12-42(4,5)6;/h8-9,13-15,17,19-20,26H,7,10-12,16,18H2,1-6H3,(H2,31,32)(H,34,39);/t20-,26+;/m0./s1. The maximum atomic E-state index is 13.7. The molecular weight excluding hydrogens is 612 g/mol. The summed E-state index contributed by atoms with van der Waals surface area (Å²) >= 11 is 0. The molecule has 3 N–H and O–H groups in total. The number of carbonyl (C=O) groups excluding carboxylic acids is 2. The van der Waals surface area contributed by atoms with Crippen molar-refractivity contribution in [3.8, 4) is 0 Å². The van der Waals surface area contributed by atoms with E-state index >= 15 is 0 Å². The van der Waals surface area contributed by atoms with Crippen LogP contribution in [0.3, 0.4) is 0 Å². The second-order valence-corrected chi connectivity index (χ2v) is 18.6. The Kier molecular flexibility index (Phi) is 10.0. The summed E-state index contributed by atoms with van der Waals surface area (Å²) in [7, 11) is -1.24. The maximum absolute atomic E-state index is 13.7. The summed E-state index contributed by atoms with van der Waals surface area (Å²) in [5, 5.41) is 13.5. The summed E-state index contributed by atoms with van der Waals surface area (Å²) in [5.74, 6) is -0.719. The molecule has 43 heavy (non-hydrogen) atoms. The molecule has 4 heterocycles. The van der Waals surface area contributed by atoms with Crippen molar-refractivity contribution in [1.82, 2.24) is 29.4 Å². The Balaban J connectivity index is 0.00000423. The van der Waals surface area contributed by atoms with Gasteiger partial charge < -0.3 is 20.7 Å². The largest absolute Gasteiger partial charge is 0.383 e. The number of hydrogen-bond donors (Lipinski definition) is 2. The number of benzene rings is 1. The number of amides is 2. The van der Waals surface area contributed by atoms with E-state index in [0.717, 1.165) is 35.4 Å². The first-order valence-corrected chi connectivity index (χ1v) is 18.4. The summed E-state index contributed by atoms with van der Waals surface area (Å²) in [5.41, 5.74) is 8.98. The molecule has 1 radical (unpaired) electrons. The van der Waals surface area contributed by atoms with E-state index in [1.54, 1.807) is 15.8 Å². The van der Waals surface area contributed by atoms with Crippen molar-refractivity contribution in [3.05, 3.63) is 42.4 Å². The van der Waals surface area contributed by atoms with Crippen LogP contribution < -0.4 is 11.1 Å². The normalized spacial score (nSPS) is 17.4. The number of nitrogen functional groups attached to an aromatic ring is 1. The second kappa shape index (κ2) is 13.2. The first-order chi connectivity index (χ1) is 19.9. The van der Waals surface area contributed by atoms with Crippen molar-refractivity contribution in [2.75, 3.05) is 24.2 Å². The fraction of sp³-hybridized carbons (Fsp3) is 0.500. The van der Waals surface area contributed by atoms with Gasteiger partial charge in [0.15, 0.2) is 0 Å². The van der Waals surface area contributed by atoms with E-state index in [9.17, 15) is 9.59 Å². The molecule has 3 aromatic heterocycles. The first kappa shape index (κ1) is 32.7. The van der Waals surface area contributed by atoms with Crippen LogP contribution in [-0.2, 0) is 38.1 Å². The van der Waals surface area contributed by atoms with Gasteiger partial charge in [0.25, 0.3) is 0 Å². The van der Waals surface area contributed by atoms with Crippen molar-refractivity contribution < 1.29 is 31.4 Å². The number of rotatable bonds is 8. The monoisotopic (exact) mass is 653 g/mol. The molecule has 1 aliphatic heterocycles. The topological polar surface area (TPSA) is 133 Å². The van der Waals surface area contributed by atoms with Gasteiger partial charge in [-0.15, -0.1) is 0 Å². The van der Waals surface area contributed by atoms with E-state index in [1.807, 2.05) is 23.0 Å². The summed E-state index contributed by atoms with van der Waals surface area (Å²) < 4.78 is 9.50. The number of nitrogens with two attached hydrogens (primary N) is 1. The summed E-state index contributed by atoms with van der Waals surface area (Å²) in [6.07, 6.45) is 6.86. The molecule has 5 rings (SSSR count). The van der Waals surface area contributed by atoms with E-state index in [-0.39, 0.29) is 41.8 Å². The van der Waals surface area contributed by atoms with E-state index < -0.39 is 19.9 Å². The Hall–Kier alpha value is -3.25. The number of fused-ring (bicyclic) bond motifs is 2. The van der Waals surface area contributed by atoms with Crippen LogP contribution >= 0.6 is 0 Å². The molecule has 1 saturated heterocycles. The zero-order chi connectivity index (χ0) is 30.2. The first-order valence-electron chi connectivity index (χ1n) is 14.7. The van der Waals surface area contributed by atoms with Gasteiger partial charge in [-0.05, 0) is 56.3 Å². The zero-order valence-electron chi connectivity index (χ0n) is 25.7. The molecule has 235 valence electrons. The smallest absolute Gasteiger partial charge is 0.314 e. The number of carbonyl (C=O) groups is 2.